The summed E-state index contributed by atoms with van der Waals surface area (Å²) in [5.41, 5.74) is 2.22. The van der Waals surface area contributed by atoms with Gasteiger partial charge in [-0.1, -0.05) is 24.3 Å². The molecule has 4 atom stereocenters. The fourth-order valence-electron chi connectivity index (χ4n) is 6.20. The lowest BCUT2D eigenvalue weighted by atomic mass is 9.83. The van der Waals surface area contributed by atoms with E-state index in [0.29, 0.717) is 30.4 Å². The van der Waals surface area contributed by atoms with E-state index < -0.39 is 34.7 Å². The highest BCUT2D eigenvalue weighted by atomic mass is 16.6. The first-order chi connectivity index (χ1) is 18.9. The van der Waals surface area contributed by atoms with E-state index in [1.54, 1.807) is 29.3 Å². The molecule has 4 heterocycles. The van der Waals surface area contributed by atoms with Crippen LogP contribution in [0.15, 0.2) is 72.9 Å². The second-order valence-corrected chi connectivity index (χ2v) is 9.84. The van der Waals surface area contributed by atoms with Gasteiger partial charge in [0.15, 0.2) is 17.3 Å². The fourth-order valence-corrected chi connectivity index (χ4v) is 6.20. The van der Waals surface area contributed by atoms with Crippen LogP contribution in [0.2, 0.25) is 0 Å². The maximum Gasteiger partial charge on any atom is 0.269 e. The van der Waals surface area contributed by atoms with Crippen LogP contribution in [0.3, 0.4) is 0 Å². The number of non-ortho nitro benzene ring substituents is 1. The minimum atomic E-state index is -0.968. The van der Waals surface area contributed by atoms with Crippen molar-refractivity contribution in [1.29, 1.82) is 0 Å². The van der Waals surface area contributed by atoms with Crippen molar-refractivity contribution in [3.05, 3.63) is 99.7 Å². The van der Waals surface area contributed by atoms with Gasteiger partial charge in [0.2, 0.25) is 11.8 Å². The summed E-state index contributed by atoms with van der Waals surface area (Å²) in [5.74, 6) is -2.01. The van der Waals surface area contributed by atoms with Gasteiger partial charge in [-0.2, -0.15) is 0 Å². The molecule has 3 aromatic rings. The highest BCUT2D eigenvalue weighted by Gasteiger charge is 2.64. The summed E-state index contributed by atoms with van der Waals surface area (Å²) >= 11 is 0. The summed E-state index contributed by atoms with van der Waals surface area (Å²) in [4.78, 5) is 55.6. The van der Waals surface area contributed by atoms with E-state index in [1.807, 2.05) is 30.3 Å². The van der Waals surface area contributed by atoms with Gasteiger partial charge in [-0.15, -0.1) is 0 Å². The van der Waals surface area contributed by atoms with Gasteiger partial charge in [-0.25, -0.2) is 4.90 Å². The molecule has 4 aliphatic rings. The van der Waals surface area contributed by atoms with Gasteiger partial charge in [0.05, 0.1) is 28.5 Å². The Morgan fingerprint density at radius 2 is 1.62 bits per heavy atom. The predicted octanol–water partition coefficient (Wildman–Crippen LogP) is 3.76. The molecule has 10 nitrogen and oxygen atoms in total. The van der Waals surface area contributed by atoms with Crippen LogP contribution < -0.4 is 14.4 Å². The summed E-state index contributed by atoms with van der Waals surface area (Å²) in [6.07, 6.45) is 3.64. The quantitative estimate of drug-likeness (QED) is 0.219. The number of amides is 2. The molecule has 0 saturated carbocycles. The summed E-state index contributed by atoms with van der Waals surface area (Å²) < 4.78 is 11.3. The first kappa shape index (κ1) is 23.2. The Morgan fingerprint density at radius 1 is 0.897 bits per heavy atom. The maximum absolute atomic E-state index is 14.1. The lowest BCUT2D eigenvalue weighted by Gasteiger charge is -2.35. The van der Waals surface area contributed by atoms with Crippen LogP contribution in [0.4, 0.5) is 11.4 Å². The normalized spacial score (nSPS) is 24.3. The average Bonchev–Trinajstić information content (AvgIpc) is 3.44. The Kier molecular flexibility index (Phi) is 5.06. The molecule has 0 aliphatic carbocycles. The first-order valence-corrected chi connectivity index (χ1v) is 12.5. The zero-order valence-electron chi connectivity index (χ0n) is 20.4. The lowest BCUT2D eigenvalue weighted by molar-refractivity contribution is -0.384. The molecule has 2 fully saturated rings. The van der Waals surface area contributed by atoms with Crippen molar-refractivity contribution in [3.8, 4) is 11.5 Å². The fraction of sp³-hybridized carbons (Fsp3) is 0.207. The number of carbonyl (C=O) groups excluding carboxylic acids is 3. The van der Waals surface area contributed by atoms with Gasteiger partial charge in [0.1, 0.15) is 19.3 Å². The Labute approximate surface area is 222 Å². The van der Waals surface area contributed by atoms with E-state index in [9.17, 15) is 24.5 Å². The third-order valence-electron chi connectivity index (χ3n) is 7.88. The van der Waals surface area contributed by atoms with Crippen molar-refractivity contribution >= 4 is 35.0 Å². The van der Waals surface area contributed by atoms with Crippen molar-refractivity contribution < 1.29 is 28.8 Å². The van der Waals surface area contributed by atoms with Crippen LogP contribution >= 0.6 is 0 Å². The molecule has 39 heavy (non-hydrogen) atoms. The van der Waals surface area contributed by atoms with Crippen LogP contribution in [0, 0.1) is 22.0 Å². The lowest BCUT2D eigenvalue weighted by Crippen LogP contribution is -2.44. The number of imide groups is 1. The Morgan fingerprint density at radius 3 is 2.38 bits per heavy atom. The minimum absolute atomic E-state index is 0.141. The topological polar surface area (TPSA) is 119 Å². The Balaban J connectivity index is 1.33. The smallest absolute Gasteiger partial charge is 0.269 e. The number of fused-ring (bicyclic) bond motifs is 6. The average molecular weight is 524 g/mol. The number of nitrogens with zero attached hydrogens (tertiary/aromatic N) is 3. The van der Waals surface area contributed by atoms with Gasteiger partial charge in [0.25, 0.3) is 5.69 Å². The molecule has 2 saturated heterocycles. The Hall–Kier alpha value is -4.99. The number of hydrogen-bond donors (Lipinski definition) is 0. The molecular weight excluding hydrogens is 502 g/mol. The van der Waals surface area contributed by atoms with Gasteiger partial charge in [-0.05, 0) is 41.5 Å². The van der Waals surface area contributed by atoms with E-state index >= 15 is 0 Å². The summed E-state index contributed by atoms with van der Waals surface area (Å²) in [5, 5.41) is 11.1. The third kappa shape index (κ3) is 3.37. The van der Waals surface area contributed by atoms with E-state index in [2.05, 4.69) is 0 Å². The van der Waals surface area contributed by atoms with Gasteiger partial charge in [-0.3, -0.25) is 24.5 Å². The predicted molar refractivity (Wildman–Crippen MR) is 138 cm³/mol. The van der Waals surface area contributed by atoms with E-state index in [0.717, 1.165) is 16.0 Å². The van der Waals surface area contributed by atoms with Crippen LogP contribution in [0.25, 0.3) is 6.08 Å². The van der Waals surface area contributed by atoms with Gasteiger partial charge < -0.3 is 14.4 Å². The Bertz CT molecular complexity index is 1600. The molecular formula is C29H21N3O7. The van der Waals surface area contributed by atoms with Crippen LogP contribution in [0.5, 0.6) is 11.5 Å². The molecule has 10 heteroatoms. The molecule has 0 bridgehead atoms. The number of ether oxygens (including phenoxy) is 2. The van der Waals surface area contributed by atoms with Crippen molar-refractivity contribution in [2.24, 2.45) is 11.8 Å². The molecule has 7 rings (SSSR count). The minimum Gasteiger partial charge on any atom is -0.486 e. The number of carbonyl (C=O) groups is 3. The standard InChI is InChI=1S/C29H21N3O7/c33-27(17-5-7-18(8-6-17)32(36)37)26-24-23(25-20-4-2-1-3-16(20)11-12-30(25)26)28(34)31(29(24)35)19-9-10-21-22(15-19)39-14-13-38-21/h1-12,15,23-26H,13-14H2/t23-,24-,25-,26+/m1/s1. The maximum atomic E-state index is 14.1. The molecule has 4 aliphatic heterocycles. The molecule has 2 amide bonds. The molecule has 0 spiro atoms. The number of nitro benzene ring substituents is 1. The summed E-state index contributed by atoms with van der Waals surface area (Å²) in [7, 11) is 0. The van der Waals surface area contributed by atoms with Crippen molar-refractivity contribution in [2.75, 3.05) is 18.1 Å². The third-order valence-corrected chi connectivity index (χ3v) is 7.88. The molecule has 0 aromatic heterocycles. The van der Waals surface area contributed by atoms with Crippen LogP contribution in [-0.2, 0) is 9.59 Å². The number of rotatable bonds is 4. The molecule has 0 N–H and O–H groups in total. The van der Waals surface area contributed by atoms with E-state index in [4.69, 9.17) is 9.47 Å². The largest absolute Gasteiger partial charge is 0.486 e. The number of ketones is 1. The number of hydrogen-bond acceptors (Lipinski definition) is 8. The van der Waals surface area contributed by atoms with Crippen molar-refractivity contribution in [1.82, 2.24) is 4.90 Å². The summed E-state index contributed by atoms with van der Waals surface area (Å²) in [6.45, 7) is 0.768. The SMILES string of the molecule is O=C(c1ccc([N+](=O)[O-])cc1)[C@@H]1[C@@H]2C(=O)N(c3ccc4c(c3)OCCO4)C(=O)[C@H]2[C@H]2c3ccccc3C=CN12. The number of Topliss-reactive ketones (excluding diaryl/α,β-unsaturated/α-hetero) is 1. The molecule has 0 unspecified atom stereocenters. The van der Waals surface area contributed by atoms with Gasteiger partial charge in [0, 0.05) is 30.0 Å². The monoisotopic (exact) mass is 523 g/mol. The number of nitro groups is 1. The molecule has 194 valence electrons. The number of anilines is 1. The first-order valence-electron chi connectivity index (χ1n) is 12.5. The zero-order valence-corrected chi connectivity index (χ0v) is 20.4. The van der Waals surface area contributed by atoms with Crippen LogP contribution in [0.1, 0.15) is 27.5 Å². The van der Waals surface area contributed by atoms with E-state index in [-0.39, 0.29) is 22.9 Å². The van der Waals surface area contributed by atoms with Gasteiger partial charge >= 0.3 is 0 Å². The highest BCUT2D eigenvalue weighted by Crippen LogP contribution is 2.54. The van der Waals surface area contributed by atoms with Crippen molar-refractivity contribution in [3.63, 3.8) is 0 Å². The molecule has 3 aromatic carbocycles. The van der Waals surface area contributed by atoms with E-state index in [1.165, 1.54) is 24.3 Å². The summed E-state index contributed by atoms with van der Waals surface area (Å²) in [6, 6.07) is 16.4. The van der Waals surface area contributed by atoms with Crippen molar-refractivity contribution in [2.45, 2.75) is 12.1 Å². The zero-order chi connectivity index (χ0) is 26.8. The number of benzene rings is 3. The molecule has 0 radical (unpaired) electrons. The second kappa shape index (κ2) is 8.52. The second-order valence-electron chi connectivity index (χ2n) is 9.84. The van der Waals surface area contributed by atoms with Crippen LogP contribution in [-0.4, -0.2) is 46.7 Å². The highest BCUT2D eigenvalue weighted by molar-refractivity contribution is 6.24.